The number of anilines is 1. The highest BCUT2D eigenvalue weighted by Crippen LogP contribution is 2.34. The first-order valence-electron chi connectivity index (χ1n) is 6.78. The van der Waals surface area contributed by atoms with Crippen molar-refractivity contribution in [3.05, 3.63) is 16.8 Å². The number of thiophene rings is 1. The van der Waals surface area contributed by atoms with Crippen molar-refractivity contribution in [3.63, 3.8) is 0 Å². The van der Waals surface area contributed by atoms with Gasteiger partial charge in [0.2, 0.25) is 0 Å². The Bertz CT molecular complexity index is 597. The van der Waals surface area contributed by atoms with Crippen molar-refractivity contribution in [2.45, 2.75) is 39.8 Å². The number of hydrogen-bond donors (Lipinski definition) is 1. The molecule has 3 heterocycles. The van der Waals surface area contributed by atoms with Gasteiger partial charge in [0.15, 0.2) is 0 Å². The van der Waals surface area contributed by atoms with E-state index in [-0.39, 0.29) is 0 Å². The molecule has 1 aliphatic rings. The van der Waals surface area contributed by atoms with Gasteiger partial charge in [-0.05, 0) is 33.3 Å². The number of piperazine rings is 1. The summed E-state index contributed by atoms with van der Waals surface area (Å²) < 4.78 is 0. The Labute approximate surface area is 117 Å². The number of fused-ring (bicyclic) bond motifs is 1. The number of nitrogens with one attached hydrogen (secondary N) is 1. The van der Waals surface area contributed by atoms with Gasteiger partial charge in [-0.25, -0.2) is 9.97 Å². The molecule has 0 aliphatic carbocycles. The van der Waals surface area contributed by atoms with Crippen molar-refractivity contribution in [2.75, 3.05) is 18.0 Å². The number of hydrogen-bond acceptors (Lipinski definition) is 5. The quantitative estimate of drug-likeness (QED) is 0.869. The molecule has 1 aliphatic heterocycles. The molecule has 0 radical (unpaired) electrons. The summed E-state index contributed by atoms with van der Waals surface area (Å²) in [4.78, 5) is 13.8. The minimum Gasteiger partial charge on any atom is -0.353 e. The van der Waals surface area contributed by atoms with Gasteiger partial charge in [0.1, 0.15) is 17.0 Å². The molecule has 0 amide bonds. The molecule has 0 aromatic carbocycles. The van der Waals surface area contributed by atoms with E-state index in [2.05, 4.69) is 47.9 Å². The van der Waals surface area contributed by atoms with Crippen LogP contribution in [0.4, 0.5) is 5.82 Å². The summed E-state index contributed by atoms with van der Waals surface area (Å²) in [5, 5.41) is 4.81. The largest absolute Gasteiger partial charge is 0.353 e. The predicted octanol–water partition coefficient (Wildman–Crippen LogP) is 2.49. The molecule has 2 aromatic rings. The van der Waals surface area contributed by atoms with Gasteiger partial charge in [0.05, 0.1) is 5.39 Å². The van der Waals surface area contributed by atoms with Crippen molar-refractivity contribution in [3.8, 4) is 0 Å². The van der Waals surface area contributed by atoms with E-state index in [0.717, 1.165) is 23.7 Å². The first-order chi connectivity index (χ1) is 9.06. The van der Waals surface area contributed by atoms with Crippen molar-refractivity contribution in [1.82, 2.24) is 15.3 Å². The molecule has 0 saturated carbocycles. The standard InChI is InChI=1S/C14H20N4S/c1-8-5-18(6-9(2)17-8)13-12-10(3)11(4)19-14(12)16-7-15-13/h7-9,17H,5-6H2,1-4H3. The molecule has 2 atom stereocenters. The van der Waals surface area contributed by atoms with Gasteiger partial charge in [-0.2, -0.15) is 0 Å². The van der Waals surface area contributed by atoms with Gasteiger partial charge in [0, 0.05) is 30.1 Å². The van der Waals surface area contributed by atoms with Gasteiger partial charge in [0.25, 0.3) is 0 Å². The lowest BCUT2D eigenvalue weighted by Gasteiger charge is -2.37. The molecule has 19 heavy (non-hydrogen) atoms. The number of nitrogens with zero attached hydrogens (tertiary/aromatic N) is 3. The Kier molecular flexibility index (Phi) is 3.19. The lowest BCUT2D eigenvalue weighted by atomic mass is 10.1. The Morgan fingerprint density at radius 1 is 1.21 bits per heavy atom. The summed E-state index contributed by atoms with van der Waals surface area (Å²) in [6, 6.07) is 0.989. The Balaban J connectivity index is 2.09. The first kappa shape index (κ1) is 12.8. The third kappa shape index (κ3) is 2.21. The van der Waals surface area contributed by atoms with E-state index in [0.29, 0.717) is 12.1 Å². The van der Waals surface area contributed by atoms with Crippen LogP contribution < -0.4 is 10.2 Å². The predicted molar refractivity (Wildman–Crippen MR) is 81.2 cm³/mol. The molecule has 3 rings (SSSR count). The third-order valence-electron chi connectivity index (χ3n) is 3.80. The van der Waals surface area contributed by atoms with Crippen molar-refractivity contribution >= 4 is 27.4 Å². The van der Waals surface area contributed by atoms with Gasteiger partial charge < -0.3 is 10.2 Å². The maximum Gasteiger partial charge on any atom is 0.141 e. The highest BCUT2D eigenvalue weighted by Gasteiger charge is 2.24. The topological polar surface area (TPSA) is 41.1 Å². The Morgan fingerprint density at radius 2 is 1.89 bits per heavy atom. The fourth-order valence-corrected chi connectivity index (χ4v) is 3.89. The fraction of sp³-hybridized carbons (Fsp3) is 0.571. The highest BCUT2D eigenvalue weighted by atomic mass is 32.1. The van der Waals surface area contributed by atoms with Gasteiger partial charge >= 0.3 is 0 Å². The van der Waals surface area contributed by atoms with Crippen LogP contribution in [0.15, 0.2) is 6.33 Å². The second-order valence-electron chi connectivity index (χ2n) is 5.53. The van der Waals surface area contributed by atoms with Gasteiger partial charge in [-0.15, -0.1) is 11.3 Å². The van der Waals surface area contributed by atoms with E-state index in [1.807, 2.05) is 0 Å². The van der Waals surface area contributed by atoms with Crippen LogP contribution in [0.1, 0.15) is 24.3 Å². The van der Waals surface area contributed by atoms with Crippen LogP contribution in [-0.2, 0) is 0 Å². The molecule has 1 fully saturated rings. The number of aryl methyl sites for hydroxylation is 2. The SMILES string of the molecule is Cc1sc2ncnc(N3CC(C)NC(C)C3)c2c1C. The number of aromatic nitrogens is 2. The van der Waals surface area contributed by atoms with Crippen LogP contribution in [0.3, 0.4) is 0 Å². The summed E-state index contributed by atoms with van der Waals surface area (Å²) in [5.74, 6) is 1.10. The summed E-state index contributed by atoms with van der Waals surface area (Å²) in [6.45, 7) is 10.8. The zero-order valence-corrected chi connectivity index (χ0v) is 12.7. The van der Waals surface area contributed by atoms with E-state index in [9.17, 15) is 0 Å². The van der Waals surface area contributed by atoms with Crippen molar-refractivity contribution in [1.29, 1.82) is 0 Å². The zero-order chi connectivity index (χ0) is 13.6. The van der Waals surface area contributed by atoms with Crippen molar-refractivity contribution in [2.24, 2.45) is 0 Å². The minimum absolute atomic E-state index is 0.494. The Hall–Kier alpha value is -1.20. The first-order valence-corrected chi connectivity index (χ1v) is 7.59. The second kappa shape index (κ2) is 4.72. The lowest BCUT2D eigenvalue weighted by molar-refractivity contribution is 0.406. The molecule has 4 nitrogen and oxygen atoms in total. The summed E-state index contributed by atoms with van der Waals surface area (Å²) in [5.41, 5.74) is 1.33. The summed E-state index contributed by atoms with van der Waals surface area (Å²) >= 11 is 1.77. The van der Waals surface area contributed by atoms with E-state index in [1.54, 1.807) is 17.7 Å². The van der Waals surface area contributed by atoms with Crippen LogP contribution in [0, 0.1) is 13.8 Å². The van der Waals surface area contributed by atoms with Crippen LogP contribution in [-0.4, -0.2) is 35.1 Å². The highest BCUT2D eigenvalue weighted by molar-refractivity contribution is 7.18. The maximum atomic E-state index is 4.57. The van der Waals surface area contributed by atoms with E-state index >= 15 is 0 Å². The third-order valence-corrected chi connectivity index (χ3v) is 4.92. The van der Waals surface area contributed by atoms with E-state index in [4.69, 9.17) is 0 Å². The van der Waals surface area contributed by atoms with Crippen LogP contribution >= 0.6 is 11.3 Å². The summed E-state index contributed by atoms with van der Waals surface area (Å²) in [6.07, 6.45) is 1.70. The average molecular weight is 276 g/mol. The van der Waals surface area contributed by atoms with E-state index in [1.165, 1.54) is 15.8 Å². The van der Waals surface area contributed by atoms with Crippen LogP contribution in [0.2, 0.25) is 0 Å². The monoisotopic (exact) mass is 276 g/mol. The molecule has 1 saturated heterocycles. The lowest BCUT2D eigenvalue weighted by Crippen LogP contribution is -2.54. The van der Waals surface area contributed by atoms with Crippen LogP contribution in [0.5, 0.6) is 0 Å². The number of rotatable bonds is 1. The van der Waals surface area contributed by atoms with Crippen molar-refractivity contribution < 1.29 is 0 Å². The van der Waals surface area contributed by atoms with Gasteiger partial charge in [-0.1, -0.05) is 0 Å². The molecule has 5 heteroatoms. The maximum absolute atomic E-state index is 4.57. The van der Waals surface area contributed by atoms with Gasteiger partial charge in [-0.3, -0.25) is 0 Å². The zero-order valence-electron chi connectivity index (χ0n) is 11.9. The Morgan fingerprint density at radius 3 is 2.58 bits per heavy atom. The molecule has 0 spiro atoms. The molecule has 2 unspecified atom stereocenters. The molecular formula is C14H20N4S. The normalized spacial score (nSPS) is 24.1. The smallest absolute Gasteiger partial charge is 0.141 e. The summed E-state index contributed by atoms with van der Waals surface area (Å²) in [7, 11) is 0. The minimum atomic E-state index is 0.494. The molecular weight excluding hydrogens is 256 g/mol. The molecule has 0 bridgehead atoms. The van der Waals surface area contributed by atoms with E-state index < -0.39 is 0 Å². The molecule has 2 aromatic heterocycles. The molecule has 1 N–H and O–H groups in total. The molecule has 102 valence electrons. The average Bonchev–Trinajstić information content (AvgIpc) is 2.64. The second-order valence-corrected chi connectivity index (χ2v) is 6.74. The fourth-order valence-electron chi connectivity index (χ4n) is 2.90. The van der Waals surface area contributed by atoms with Crippen LogP contribution in [0.25, 0.3) is 10.2 Å².